The van der Waals surface area contributed by atoms with Crippen molar-refractivity contribution in [2.24, 2.45) is 0 Å². The molecule has 0 aliphatic heterocycles. The van der Waals surface area contributed by atoms with E-state index in [0.29, 0.717) is 6.54 Å². The van der Waals surface area contributed by atoms with Gasteiger partial charge >= 0.3 is 0 Å². The monoisotopic (exact) mass is 401 g/mol. The van der Waals surface area contributed by atoms with Gasteiger partial charge in [0, 0.05) is 12.6 Å². The van der Waals surface area contributed by atoms with Crippen molar-refractivity contribution in [1.82, 2.24) is 4.90 Å². The van der Waals surface area contributed by atoms with Crippen LogP contribution in [0.2, 0.25) is 0 Å². The van der Waals surface area contributed by atoms with E-state index in [4.69, 9.17) is 0 Å². The summed E-state index contributed by atoms with van der Waals surface area (Å²) in [5, 5.41) is 29.6. The normalized spacial score (nSPS) is 15.1. The van der Waals surface area contributed by atoms with Crippen molar-refractivity contribution in [2.75, 3.05) is 19.7 Å². The number of nitrogens with zero attached hydrogens (tertiary/aromatic N) is 1. The average Bonchev–Trinajstić information content (AvgIpc) is 2.68. The molecule has 0 aromatic rings. The van der Waals surface area contributed by atoms with Crippen LogP contribution in [0.25, 0.3) is 0 Å². The molecule has 0 saturated carbocycles. The van der Waals surface area contributed by atoms with E-state index < -0.39 is 12.2 Å². The molecule has 0 heterocycles. The molecule has 170 valence electrons. The summed E-state index contributed by atoms with van der Waals surface area (Å²) in [6, 6.07) is 0.0805. The van der Waals surface area contributed by atoms with Gasteiger partial charge in [0.05, 0.1) is 18.8 Å². The van der Waals surface area contributed by atoms with Crippen LogP contribution in [0.4, 0.5) is 0 Å². The topological polar surface area (TPSA) is 63.9 Å². The maximum absolute atomic E-state index is 10.4. The van der Waals surface area contributed by atoms with Crippen LogP contribution in [0.15, 0.2) is 0 Å². The van der Waals surface area contributed by atoms with Crippen LogP contribution in [0.1, 0.15) is 117 Å². The highest BCUT2D eigenvalue weighted by molar-refractivity contribution is 4.79. The molecule has 1 unspecified atom stereocenters. The van der Waals surface area contributed by atoms with Gasteiger partial charge in [0.15, 0.2) is 0 Å². The van der Waals surface area contributed by atoms with Gasteiger partial charge in [0.2, 0.25) is 0 Å². The fourth-order valence-electron chi connectivity index (χ4n) is 4.03. The highest BCUT2D eigenvalue weighted by Crippen LogP contribution is 2.18. The summed E-state index contributed by atoms with van der Waals surface area (Å²) in [6.07, 6.45) is 17.6. The lowest BCUT2D eigenvalue weighted by atomic mass is 9.99. The lowest BCUT2D eigenvalue weighted by Crippen LogP contribution is -2.47. The summed E-state index contributed by atoms with van der Waals surface area (Å²) in [4.78, 5) is 2.23. The molecule has 3 N–H and O–H groups in total. The first-order valence-corrected chi connectivity index (χ1v) is 12.3. The summed E-state index contributed by atoms with van der Waals surface area (Å²) in [7, 11) is 0. The maximum Gasteiger partial charge on any atom is 0.0897 e. The lowest BCUT2D eigenvalue weighted by Gasteiger charge is -2.35. The summed E-state index contributed by atoms with van der Waals surface area (Å²) >= 11 is 0. The molecule has 0 radical (unpaired) electrons. The second-order valence-electron chi connectivity index (χ2n) is 8.67. The first kappa shape index (κ1) is 27.8. The van der Waals surface area contributed by atoms with Gasteiger partial charge in [-0.15, -0.1) is 0 Å². The quantitative estimate of drug-likeness (QED) is 0.229. The van der Waals surface area contributed by atoms with Crippen LogP contribution in [-0.2, 0) is 0 Å². The van der Waals surface area contributed by atoms with Crippen LogP contribution in [0.3, 0.4) is 0 Å². The van der Waals surface area contributed by atoms with E-state index in [1.807, 2.05) is 6.92 Å². The molecule has 0 bridgehead atoms. The number of hydrogen-bond acceptors (Lipinski definition) is 4. The number of rotatable bonds is 21. The van der Waals surface area contributed by atoms with E-state index in [1.54, 1.807) is 0 Å². The first-order chi connectivity index (χ1) is 13.6. The minimum absolute atomic E-state index is 0.0805. The van der Waals surface area contributed by atoms with Crippen LogP contribution in [-0.4, -0.2) is 58.2 Å². The highest BCUT2D eigenvalue weighted by atomic mass is 16.3. The van der Waals surface area contributed by atoms with Gasteiger partial charge in [-0.05, 0) is 26.3 Å². The number of aliphatic hydroxyl groups excluding tert-OH is 3. The predicted octanol–water partition coefficient (Wildman–Crippen LogP) is 5.28. The number of aliphatic hydroxyl groups is 3. The molecular weight excluding hydrogens is 350 g/mol. The molecule has 0 fully saturated rings. The van der Waals surface area contributed by atoms with E-state index in [0.717, 1.165) is 25.8 Å². The van der Waals surface area contributed by atoms with Crippen molar-refractivity contribution in [3.05, 3.63) is 0 Å². The van der Waals surface area contributed by atoms with Gasteiger partial charge in [-0.25, -0.2) is 0 Å². The second-order valence-corrected chi connectivity index (χ2v) is 8.67. The van der Waals surface area contributed by atoms with E-state index in [1.165, 1.54) is 77.0 Å². The van der Waals surface area contributed by atoms with Crippen molar-refractivity contribution >= 4 is 0 Å². The van der Waals surface area contributed by atoms with Gasteiger partial charge < -0.3 is 15.3 Å². The Hall–Kier alpha value is -0.160. The molecule has 4 heteroatoms. The van der Waals surface area contributed by atoms with Gasteiger partial charge in [-0.1, -0.05) is 97.3 Å². The molecule has 0 amide bonds. The molecule has 0 rings (SSSR count). The van der Waals surface area contributed by atoms with Gasteiger partial charge in [0.25, 0.3) is 0 Å². The molecule has 0 aliphatic rings. The Morgan fingerprint density at radius 1 is 0.679 bits per heavy atom. The Morgan fingerprint density at radius 3 is 1.61 bits per heavy atom. The zero-order chi connectivity index (χ0) is 21.0. The third-order valence-electron chi connectivity index (χ3n) is 5.83. The Labute approximate surface area is 175 Å². The van der Waals surface area contributed by atoms with Crippen LogP contribution in [0.5, 0.6) is 0 Å². The second kappa shape index (κ2) is 20.1. The zero-order valence-corrected chi connectivity index (χ0v) is 19.2. The molecule has 0 spiro atoms. The van der Waals surface area contributed by atoms with E-state index in [9.17, 15) is 15.3 Å². The number of unbranched alkanes of at least 4 members (excludes halogenated alkanes) is 12. The van der Waals surface area contributed by atoms with E-state index in [-0.39, 0.29) is 12.6 Å². The summed E-state index contributed by atoms with van der Waals surface area (Å²) in [5.74, 6) is 0. The third-order valence-corrected chi connectivity index (χ3v) is 5.83. The number of hydrogen-bond donors (Lipinski definition) is 3. The maximum atomic E-state index is 10.4. The van der Waals surface area contributed by atoms with E-state index in [2.05, 4.69) is 18.7 Å². The first-order valence-electron chi connectivity index (χ1n) is 12.3. The molecule has 0 aromatic carbocycles. The smallest absolute Gasteiger partial charge is 0.0897 e. The van der Waals surface area contributed by atoms with Crippen LogP contribution >= 0.6 is 0 Å². The van der Waals surface area contributed by atoms with Gasteiger partial charge in [-0.3, -0.25) is 4.90 Å². The predicted molar refractivity (Wildman–Crippen MR) is 121 cm³/mol. The van der Waals surface area contributed by atoms with Crippen LogP contribution in [0, 0.1) is 0 Å². The Morgan fingerprint density at radius 2 is 1.14 bits per heavy atom. The summed E-state index contributed by atoms with van der Waals surface area (Å²) < 4.78 is 0. The van der Waals surface area contributed by atoms with Crippen LogP contribution < -0.4 is 0 Å². The summed E-state index contributed by atoms with van der Waals surface area (Å²) in [6.45, 7) is 7.50. The largest absolute Gasteiger partial charge is 0.394 e. The fraction of sp³-hybridized carbons (Fsp3) is 1.00. The fourth-order valence-corrected chi connectivity index (χ4v) is 4.03. The van der Waals surface area contributed by atoms with Crippen molar-refractivity contribution in [2.45, 2.75) is 135 Å². The molecule has 28 heavy (non-hydrogen) atoms. The van der Waals surface area contributed by atoms with Crippen molar-refractivity contribution < 1.29 is 15.3 Å². The minimum Gasteiger partial charge on any atom is -0.394 e. The Balaban J connectivity index is 4.34. The molecule has 4 nitrogen and oxygen atoms in total. The molecule has 3 atom stereocenters. The van der Waals surface area contributed by atoms with Crippen molar-refractivity contribution in [1.29, 1.82) is 0 Å². The van der Waals surface area contributed by atoms with Gasteiger partial charge in [0.1, 0.15) is 0 Å². The SMILES string of the molecule is CCCCCCCCC[C@H](C(C)O)N(CCCCCCCCC)C[C@@H](O)CO. The minimum atomic E-state index is -0.722. The van der Waals surface area contributed by atoms with Gasteiger partial charge in [-0.2, -0.15) is 0 Å². The zero-order valence-electron chi connectivity index (χ0n) is 19.2. The Kier molecular flexibility index (Phi) is 20.0. The highest BCUT2D eigenvalue weighted by Gasteiger charge is 2.24. The molecule has 0 saturated heterocycles. The molecular formula is C24H51NO3. The lowest BCUT2D eigenvalue weighted by molar-refractivity contribution is 0.00516. The molecule has 0 aliphatic carbocycles. The summed E-state index contributed by atoms with van der Waals surface area (Å²) in [5.41, 5.74) is 0. The van der Waals surface area contributed by atoms with E-state index >= 15 is 0 Å². The third kappa shape index (κ3) is 15.7. The standard InChI is InChI=1S/C24H51NO3/c1-4-6-8-10-12-14-16-18-24(22(3)27)25(20-23(28)21-26)19-17-15-13-11-9-7-5-2/h22-24,26-28H,4-21H2,1-3H3/t22?,23-,24-/m1/s1. The average molecular weight is 402 g/mol. The Bertz CT molecular complexity index is 312. The molecule has 0 aromatic heterocycles. The van der Waals surface area contributed by atoms with Crippen molar-refractivity contribution in [3.8, 4) is 0 Å². The van der Waals surface area contributed by atoms with Crippen molar-refractivity contribution in [3.63, 3.8) is 0 Å².